The highest BCUT2D eigenvalue weighted by Crippen LogP contribution is 2.42. The lowest BCUT2D eigenvalue weighted by atomic mass is 9.83. The van der Waals surface area contributed by atoms with E-state index in [0.717, 1.165) is 45.4 Å². The van der Waals surface area contributed by atoms with Gasteiger partial charge in [-0.25, -0.2) is 4.98 Å². The summed E-state index contributed by atoms with van der Waals surface area (Å²) in [7, 11) is 1.76. The third kappa shape index (κ3) is 3.35. The van der Waals surface area contributed by atoms with Crippen LogP contribution in [0.4, 0.5) is 5.13 Å². The summed E-state index contributed by atoms with van der Waals surface area (Å²) in [5.74, 6) is 0.307. The van der Waals surface area contributed by atoms with E-state index < -0.39 is 0 Å². The number of anilines is 1. The van der Waals surface area contributed by atoms with Crippen LogP contribution in [0.1, 0.15) is 55.5 Å². The Morgan fingerprint density at radius 2 is 2.04 bits per heavy atom. The monoisotopic (exact) mass is 404 g/mol. The highest BCUT2D eigenvalue weighted by atomic mass is 32.1. The second-order valence-corrected chi connectivity index (χ2v) is 10.3. The molecule has 2 unspecified atom stereocenters. The third-order valence-corrected chi connectivity index (χ3v) is 8.41. The summed E-state index contributed by atoms with van der Waals surface area (Å²) in [5, 5.41) is 4.74. The molecule has 1 aromatic rings. The molecule has 3 fully saturated rings. The molecule has 2 bridgehead atoms. The van der Waals surface area contributed by atoms with Crippen molar-refractivity contribution in [3.63, 3.8) is 0 Å². The van der Waals surface area contributed by atoms with Gasteiger partial charge < -0.3 is 19.9 Å². The quantitative estimate of drug-likeness (QED) is 0.817. The summed E-state index contributed by atoms with van der Waals surface area (Å²) < 4.78 is 5.48. The maximum atomic E-state index is 13.1. The molecule has 7 heteroatoms. The molecule has 154 valence electrons. The first-order chi connectivity index (χ1) is 13.7. The van der Waals surface area contributed by atoms with Gasteiger partial charge in [0.2, 0.25) is 5.91 Å². The summed E-state index contributed by atoms with van der Waals surface area (Å²) in [5.41, 5.74) is 1.31. The van der Waals surface area contributed by atoms with Crippen molar-refractivity contribution >= 4 is 22.4 Å². The number of hydrogen-bond acceptors (Lipinski definition) is 6. The predicted octanol–water partition coefficient (Wildman–Crippen LogP) is 2.57. The number of ether oxygens (including phenoxy) is 1. The molecule has 2 atom stereocenters. The van der Waals surface area contributed by atoms with Gasteiger partial charge in [-0.1, -0.05) is 24.2 Å². The van der Waals surface area contributed by atoms with Crippen LogP contribution >= 0.6 is 11.3 Å². The lowest BCUT2D eigenvalue weighted by molar-refractivity contribution is -0.135. The summed E-state index contributed by atoms with van der Waals surface area (Å²) in [6, 6.07) is 1.20. The van der Waals surface area contributed by atoms with E-state index >= 15 is 0 Å². The van der Waals surface area contributed by atoms with Crippen LogP contribution in [0.2, 0.25) is 0 Å². The molecule has 3 aliphatic heterocycles. The molecule has 0 radical (unpaired) electrons. The molecule has 28 heavy (non-hydrogen) atoms. The smallest absolute Gasteiger partial charge is 0.223 e. The Kier molecular flexibility index (Phi) is 5.09. The van der Waals surface area contributed by atoms with E-state index in [-0.39, 0.29) is 5.41 Å². The number of rotatable bonds is 5. The molecular weight excluding hydrogens is 372 g/mol. The predicted molar refractivity (Wildman–Crippen MR) is 111 cm³/mol. The highest BCUT2D eigenvalue weighted by Gasteiger charge is 2.40. The van der Waals surface area contributed by atoms with E-state index in [1.54, 1.807) is 7.11 Å². The molecule has 4 aliphatic rings. The fourth-order valence-corrected chi connectivity index (χ4v) is 7.10. The SMILES string of the molecule is COCC1(CC(=O)N2CCc3nc(N4C5CCC4CNC5)sc3C2)CCCC1. The van der Waals surface area contributed by atoms with Gasteiger partial charge in [0.15, 0.2) is 5.13 Å². The third-order valence-electron chi connectivity index (χ3n) is 7.31. The lowest BCUT2D eigenvalue weighted by Gasteiger charge is -2.35. The number of nitrogens with zero attached hydrogens (tertiary/aromatic N) is 3. The van der Waals surface area contributed by atoms with E-state index in [0.29, 0.717) is 31.0 Å². The van der Waals surface area contributed by atoms with E-state index in [4.69, 9.17) is 9.72 Å². The summed E-state index contributed by atoms with van der Waals surface area (Å²) in [6.07, 6.45) is 8.80. The zero-order valence-electron chi connectivity index (χ0n) is 16.9. The van der Waals surface area contributed by atoms with Crippen LogP contribution in [-0.4, -0.2) is 61.2 Å². The molecule has 1 amide bonds. The Balaban J connectivity index is 1.28. The number of hydrogen-bond donors (Lipinski definition) is 1. The fourth-order valence-electron chi connectivity index (χ4n) is 5.83. The number of carbonyl (C=O) groups excluding carboxylic acids is 1. The molecule has 1 aromatic heterocycles. The van der Waals surface area contributed by atoms with Crippen molar-refractivity contribution < 1.29 is 9.53 Å². The van der Waals surface area contributed by atoms with Gasteiger partial charge in [0, 0.05) is 62.0 Å². The molecular formula is C21H32N4O2S. The summed E-state index contributed by atoms with van der Waals surface area (Å²) in [4.78, 5) is 24.1. The summed E-state index contributed by atoms with van der Waals surface area (Å²) in [6.45, 7) is 4.43. The zero-order chi connectivity index (χ0) is 19.1. The van der Waals surface area contributed by atoms with Crippen LogP contribution < -0.4 is 10.2 Å². The van der Waals surface area contributed by atoms with Gasteiger partial charge in [0.05, 0.1) is 18.8 Å². The van der Waals surface area contributed by atoms with Gasteiger partial charge in [0.1, 0.15) is 0 Å². The molecule has 6 nitrogen and oxygen atoms in total. The Morgan fingerprint density at radius 1 is 1.29 bits per heavy atom. The molecule has 1 N–H and O–H groups in total. The van der Waals surface area contributed by atoms with E-state index in [2.05, 4.69) is 15.1 Å². The number of nitrogens with one attached hydrogen (secondary N) is 1. The Labute approximate surface area is 171 Å². The average Bonchev–Trinajstić information content (AvgIpc) is 3.37. The normalized spacial score (nSPS) is 28.6. The number of fused-ring (bicyclic) bond motifs is 3. The van der Waals surface area contributed by atoms with Crippen LogP contribution in [0, 0.1) is 5.41 Å². The van der Waals surface area contributed by atoms with Crippen molar-refractivity contribution in [1.82, 2.24) is 15.2 Å². The van der Waals surface area contributed by atoms with Gasteiger partial charge in [-0.05, 0) is 25.7 Å². The molecule has 1 aliphatic carbocycles. The first-order valence-electron chi connectivity index (χ1n) is 10.9. The maximum absolute atomic E-state index is 13.1. The number of carbonyl (C=O) groups is 1. The largest absolute Gasteiger partial charge is 0.384 e. The molecule has 1 saturated carbocycles. The number of amides is 1. The first kappa shape index (κ1) is 18.8. The minimum absolute atomic E-state index is 0.0744. The van der Waals surface area contributed by atoms with Crippen LogP contribution in [0.15, 0.2) is 0 Å². The summed E-state index contributed by atoms with van der Waals surface area (Å²) >= 11 is 1.83. The minimum Gasteiger partial charge on any atom is -0.384 e. The van der Waals surface area contributed by atoms with Crippen LogP contribution in [0.25, 0.3) is 0 Å². The van der Waals surface area contributed by atoms with Gasteiger partial charge in [0.25, 0.3) is 0 Å². The van der Waals surface area contributed by atoms with Gasteiger partial charge >= 0.3 is 0 Å². The van der Waals surface area contributed by atoms with Crippen LogP contribution in [-0.2, 0) is 22.5 Å². The van der Waals surface area contributed by atoms with Crippen molar-refractivity contribution in [3.05, 3.63) is 10.6 Å². The number of thiazole rings is 1. The molecule has 4 heterocycles. The van der Waals surface area contributed by atoms with E-state index in [1.807, 2.05) is 11.3 Å². The van der Waals surface area contributed by atoms with Crippen molar-refractivity contribution in [2.24, 2.45) is 5.41 Å². The van der Waals surface area contributed by atoms with Crippen molar-refractivity contribution in [2.75, 3.05) is 38.3 Å². The van der Waals surface area contributed by atoms with Crippen LogP contribution in [0.3, 0.4) is 0 Å². The minimum atomic E-state index is 0.0744. The zero-order valence-corrected chi connectivity index (χ0v) is 17.7. The highest BCUT2D eigenvalue weighted by molar-refractivity contribution is 7.15. The fraction of sp³-hybridized carbons (Fsp3) is 0.810. The van der Waals surface area contributed by atoms with Gasteiger partial charge in [-0.3, -0.25) is 4.79 Å². The Bertz CT molecular complexity index is 714. The lowest BCUT2D eigenvalue weighted by Crippen LogP contribution is -2.51. The Morgan fingerprint density at radius 3 is 2.75 bits per heavy atom. The van der Waals surface area contributed by atoms with Crippen molar-refractivity contribution in [1.29, 1.82) is 0 Å². The number of piperazine rings is 1. The first-order valence-corrected chi connectivity index (χ1v) is 11.7. The molecule has 2 saturated heterocycles. The molecule has 0 aromatic carbocycles. The van der Waals surface area contributed by atoms with Gasteiger partial charge in [-0.2, -0.15) is 0 Å². The number of methoxy groups -OCH3 is 1. The van der Waals surface area contributed by atoms with Crippen LogP contribution in [0.5, 0.6) is 0 Å². The van der Waals surface area contributed by atoms with Crippen molar-refractivity contribution in [3.8, 4) is 0 Å². The topological polar surface area (TPSA) is 57.7 Å². The van der Waals surface area contributed by atoms with Gasteiger partial charge in [-0.15, -0.1) is 0 Å². The second-order valence-electron chi connectivity index (χ2n) is 9.20. The standard InChI is InChI=1S/C21H32N4O2S/c1-27-14-21(7-2-3-8-21)10-19(26)24-9-6-17-18(13-24)28-20(23-17)25-15-4-5-16(25)12-22-11-15/h15-16,22H,2-14H2,1H3. The van der Waals surface area contributed by atoms with E-state index in [9.17, 15) is 4.79 Å². The maximum Gasteiger partial charge on any atom is 0.223 e. The van der Waals surface area contributed by atoms with Crippen molar-refractivity contribution in [2.45, 2.75) is 70.0 Å². The van der Waals surface area contributed by atoms with E-state index in [1.165, 1.54) is 41.4 Å². The molecule has 5 rings (SSSR count). The average molecular weight is 405 g/mol. The second kappa shape index (κ2) is 7.58. The number of aromatic nitrogens is 1. The molecule has 0 spiro atoms. The Hall–Kier alpha value is -1.18.